The van der Waals surface area contributed by atoms with Gasteiger partial charge in [0.15, 0.2) is 0 Å². The van der Waals surface area contributed by atoms with E-state index in [1.807, 2.05) is 36.1 Å². The number of ether oxygens (including phenoxy) is 1. The molecule has 1 fully saturated rings. The van der Waals surface area contributed by atoms with E-state index in [0.717, 1.165) is 25.1 Å². The van der Waals surface area contributed by atoms with Gasteiger partial charge >= 0.3 is 0 Å². The van der Waals surface area contributed by atoms with E-state index in [2.05, 4.69) is 0 Å². The summed E-state index contributed by atoms with van der Waals surface area (Å²) in [4.78, 5) is 13.8. The molecule has 1 N–H and O–H groups in total. The van der Waals surface area contributed by atoms with Gasteiger partial charge in [-0.1, -0.05) is 17.7 Å². The summed E-state index contributed by atoms with van der Waals surface area (Å²) in [6, 6.07) is 7.94. The highest BCUT2D eigenvalue weighted by Gasteiger charge is 2.27. The normalized spacial score (nSPS) is 18.3. The van der Waals surface area contributed by atoms with Gasteiger partial charge in [0.2, 0.25) is 5.91 Å². The summed E-state index contributed by atoms with van der Waals surface area (Å²) < 4.78 is 5.61. The molecule has 1 saturated heterocycles. The molecule has 4 nitrogen and oxygen atoms in total. The quantitative estimate of drug-likeness (QED) is 0.810. The van der Waals surface area contributed by atoms with Crippen LogP contribution in [0.3, 0.4) is 0 Å². The van der Waals surface area contributed by atoms with E-state index in [1.54, 1.807) is 0 Å². The van der Waals surface area contributed by atoms with Crippen molar-refractivity contribution in [3.8, 4) is 5.75 Å². The summed E-state index contributed by atoms with van der Waals surface area (Å²) in [5.74, 6) is 0.978. The number of amides is 1. The van der Waals surface area contributed by atoms with Crippen LogP contribution in [0.25, 0.3) is 0 Å². The van der Waals surface area contributed by atoms with Crippen molar-refractivity contribution in [2.45, 2.75) is 38.6 Å². The molecule has 1 aromatic carbocycles. The predicted octanol–water partition coefficient (Wildman–Crippen LogP) is 2.14. The highest BCUT2D eigenvalue weighted by molar-refractivity contribution is 5.76. The molecule has 4 heteroatoms. The molecule has 1 atom stereocenters. The van der Waals surface area contributed by atoms with Gasteiger partial charge in [-0.2, -0.15) is 0 Å². The van der Waals surface area contributed by atoms with E-state index in [0.29, 0.717) is 19.4 Å². The van der Waals surface area contributed by atoms with Crippen molar-refractivity contribution < 1.29 is 14.6 Å². The minimum atomic E-state index is 0.0283. The van der Waals surface area contributed by atoms with Crippen molar-refractivity contribution >= 4 is 5.91 Å². The van der Waals surface area contributed by atoms with Crippen molar-refractivity contribution in [2.24, 2.45) is 0 Å². The molecular weight excluding hydrogens is 254 g/mol. The Hall–Kier alpha value is -1.55. The first-order valence-corrected chi connectivity index (χ1v) is 7.30. The zero-order chi connectivity index (χ0) is 14.4. The van der Waals surface area contributed by atoms with Gasteiger partial charge < -0.3 is 14.7 Å². The van der Waals surface area contributed by atoms with Crippen LogP contribution >= 0.6 is 0 Å². The van der Waals surface area contributed by atoms with Crippen LogP contribution in [0.4, 0.5) is 0 Å². The molecule has 20 heavy (non-hydrogen) atoms. The van der Waals surface area contributed by atoms with Crippen LogP contribution in [-0.2, 0) is 4.79 Å². The Morgan fingerprint density at radius 2 is 2.15 bits per heavy atom. The van der Waals surface area contributed by atoms with E-state index in [4.69, 9.17) is 4.74 Å². The van der Waals surface area contributed by atoms with E-state index >= 15 is 0 Å². The van der Waals surface area contributed by atoms with E-state index in [-0.39, 0.29) is 18.6 Å². The van der Waals surface area contributed by atoms with Crippen LogP contribution < -0.4 is 4.74 Å². The van der Waals surface area contributed by atoms with Crippen molar-refractivity contribution in [3.63, 3.8) is 0 Å². The summed E-state index contributed by atoms with van der Waals surface area (Å²) >= 11 is 0. The maximum absolute atomic E-state index is 12.0. The van der Waals surface area contributed by atoms with Crippen LogP contribution in [-0.4, -0.2) is 41.7 Å². The molecule has 1 heterocycles. The molecule has 1 aliphatic rings. The standard InChI is InChI=1S/C16H23NO3/c1-13-6-8-15(9-7-13)20-11-3-5-16(19)17-10-2-4-14(17)12-18/h6-9,14,18H,2-5,10-12H2,1H3. The third-order valence-electron chi connectivity index (χ3n) is 3.73. The Labute approximate surface area is 120 Å². The molecule has 0 aromatic heterocycles. The summed E-state index contributed by atoms with van der Waals surface area (Å²) in [6.45, 7) is 3.44. The van der Waals surface area contributed by atoms with E-state index in [9.17, 15) is 9.90 Å². The smallest absolute Gasteiger partial charge is 0.223 e. The van der Waals surface area contributed by atoms with E-state index in [1.165, 1.54) is 5.56 Å². The molecule has 1 aliphatic heterocycles. The van der Waals surface area contributed by atoms with Gasteiger partial charge in [-0.15, -0.1) is 0 Å². The number of hydrogen-bond donors (Lipinski definition) is 1. The first-order chi connectivity index (χ1) is 9.70. The lowest BCUT2D eigenvalue weighted by atomic mass is 10.2. The molecule has 0 saturated carbocycles. The topological polar surface area (TPSA) is 49.8 Å². The van der Waals surface area contributed by atoms with Crippen molar-refractivity contribution in [2.75, 3.05) is 19.8 Å². The fourth-order valence-corrected chi connectivity index (χ4v) is 2.55. The second-order valence-corrected chi connectivity index (χ2v) is 5.33. The maximum Gasteiger partial charge on any atom is 0.223 e. The number of benzene rings is 1. The van der Waals surface area contributed by atoms with Crippen molar-refractivity contribution in [3.05, 3.63) is 29.8 Å². The maximum atomic E-state index is 12.0. The van der Waals surface area contributed by atoms with Crippen LogP contribution in [0.5, 0.6) is 5.75 Å². The number of carbonyl (C=O) groups excluding carboxylic acids is 1. The van der Waals surface area contributed by atoms with Crippen LogP contribution in [0.1, 0.15) is 31.2 Å². The molecule has 2 rings (SSSR count). The third kappa shape index (κ3) is 3.97. The highest BCUT2D eigenvalue weighted by atomic mass is 16.5. The summed E-state index contributed by atoms with van der Waals surface area (Å²) in [7, 11) is 0. The summed E-state index contributed by atoms with van der Waals surface area (Å²) in [6.07, 6.45) is 3.11. The van der Waals surface area contributed by atoms with Gasteiger partial charge in [-0.25, -0.2) is 0 Å². The lowest BCUT2D eigenvalue weighted by molar-refractivity contribution is -0.132. The molecule has 0 bridgehead atoms. The van der Waals surface area contributed by atoms with Gasteiger partial charge in [0.05, 0.1) is 19.3 Å². The Morgan fingerprint density at radius 1 is 1.40 bits per heavy atom. The van der Waals surface area contributed by atoms with Crippen LogP contribution in [0, 0.1) is 6.92 Å². The van der Waals surface area contributed by atoms with Crippen molar-refractivity contribution in [1.29, 1.82) is 0 Å². The molecule has 0 radical (unpaired) electrons. The summed E-state index contributed by atoms with van der Waals surface area (Å²) in [5.41, 5.74) is 1.21. The van der Waals surface area contributed by atoms with Crippen LogP contribution in [0.2, 0.25) is 0 Å². The Bertz CT molecular complexity index is 430. The lowest BCUT2D eigenvalue weighted by Crippen LogP contribution is -2.37. The third-order valence-corrected chi connectivity index (χ3v) is 3.73. The number of aryl methyl sites for hydroxylation is 1. The second kappa shape index (κ2) is 7.29. The average molecular weight is 277 g/mol. The van der Waals surface area contributed by atoms with Gasteiger partial charge in [0.1, 0.15) is 5.75 Å². The van der Waals surface area contributed by atoms with Gasteiger partial charge in [-0.3, -0.25) is 4.79 Å². The lowest BCUT2D eigenvalue weighted by Gasteiger charge is -2.22. The van der Waals surface area contributed by atoms with E-state index < -0.39 is 0 Å². The monoisotopic (exact) mass is 277 g/mol. The van der Waals surface area contributed by atoms with Gasteiger partial charge in [-0.05, 0) is 38.3 Å². The number of rotatable bonds is 6. The van der Waals surface area contributed by atoms with Crippen LogP contribution in [0.15, 0.2) is 24.3 Å². The first-order valence-electron chi connectivity index (χ1n) is 7.30. The molecule has 1 unspecified atom stereocenters. The molecule has 1 aromatic rings. The minimum Gasteiger partial charge on any atom is -0.494 e. The second-order valence-electron chi connectivity index (χ2n) is 5.33. The number of nitrogens with zero attached hydrogens (tertiary/aromatic N) is 1. The number of hydrogen-bond acceptors (Lipinski definition) is 3. The zero-order valence-corrected chi connectivity index (χ0v) is 12.0. The number of carbonyl (C=O) groups is 1. The van der Waals surface area contributed by atoms with Gasteiger partial charge in [0, 0.05) is 13.0 Å². The molecular formula is C16H23NO3. The fourth-order valence-electron chi connectivity index (χ4n) is 2.55. The minimum absolute atomic E-state index is 0.0283. The number of aliphatic hydroxyl groups is 1. The molecule has 0 spiro atoms. The number of likely N-dealkylation sites (tertiary alicyclic amines) is 1. The average Bonchev–Trinajstić information content (AvgIpc) is 2.94. The fraction of sp³-hybridized carbons (Fsp3) is 0.562. The Kier molecular flexibility index (Phi) is 5.41. The highest BCUT2D eigenvalue weighted by Crippen LogP contribution is 2.18. The van der Waals surface area contributed by atoms with Crippen molar-refractivity contribution in [1.82, 2.24) is 4.90 Å². The molecule has 110 valence electrons. The SMILES string of the molecule is Cc1ccc(OCCCC(=O)N2CCCC2CO)cc1. The Balaban J connectivity index is 1.68. The predicted molar refractivity (Wildman–Crippen MR) is 77.7 cm³/mol. The number of aliphatic hydroxyl groups excluding tert-OH is 1. The molecule has 1 amide bonds. The summed E-state index contributed by atoms with van der Waals surface area (Å²) in [5, 5.41) is 9.21. The van der Waals surface area contributed by atoms with Gasteiger partial charge in [0.25, 0.3) is 0 Å². The Morgan fingerprint density at radius 3 is 2.85 bits per heavy atom. The largest absolute Gasteiger partial charge is 0.494 e. The zero-order valence-electron chi connectivity index (χ0n) is 12.0. The molecule has 0 aliphatic carbocycles. The first kappa shape index (κ1) is 14.9.